The minimum absolute atomic E-state index is 0.638. The highest BCUT2D eigenvalue weighted by Crippen LogP contribution is 2.43. The van der Waals surface area contributed by atoms with E-state index in [0.717, 1.165) is 49.9 Å². The molecule has 0 saturated heterocycles. The molecule has 0 atom stereocenters. The molecular weight excluding hydrogens is 707 g/mol. The van der Waals surface area contributed by atoms with E-state index in [0.29, 0.717) is 17.5 Å². The highest BCUT2D eigenvalue weighted by atomic mass is 15.0. The molecule has 3 heterocycles. The van der Waals surface area contributed by atoms with Crippen LogP contribution in [0.4, 0.5) is 0 Å². The number of hydrogen-bond acceptors (Lipinski definition) is 3. The van der Waals surface area contributed by atoms with E-state index in [1.807, 2.05) is 60.7 Å². The molecule has 3 aromatic heterocycles. The summed E-state index contributed by atoms with van der Waals surface area (Å²) in [5, 5.41) is 9.56. The number of fused-ring (bicyclic) bond motifs is 9. The van der Waals surface area contributed by atoms with E-state index in [9.17, 15) is 0 Å². The summed E-state index contributed by atoms with van der Waals surface area (Å²) in [6, 6.07) is 71.0. The zero-order valence-electron chi connectivity index (χ0n) is 31.3. The predicted molar refractivity (Wildman–Crippen MR) is 240 cm³/mol. The average molecular weight is 740 g/mol. The normalized spacial score (nSPS) is 11.8. The molecule has 270 valence electrons. The highest BCUT2D eigenvalue weighted by Gasteiger charge is 2.21. The fraction of sp³-hybridized carbons (Fsp3) is 0. The lowest BCUT2D eigenvalue weighted by Gasteiger charge is -2.15. The summed E-state index contributed by atoms with van der Waals surface area (Å²) in [6.07, 6.45) is 0. The molecule has 0 radical (unpaired) electrons. The molecule has 0 aliphatic rings. The van der Waals surface area contributed by atoms with Crippen LogP contribution in [0.3, 0.4) is 0 Å². The van der Waals surface area contributed by atoms with Crippen LogP contribution < -0.4 is 0 Å². The first-order valence-corrected chi connectivity index (χ1v) is 19.6. The van der Waals surface area contributed by atoms with Crippen molar-refractivity contribution in [1.29, 1.82) is 0 Å². The van der Waals surface area contributed by atoms with Crippen molar-refractivity contribution in [2.45, 2.75) is 0 Å². The molecule has 0 aliphatic heterocycles. The topological polar surface area (TPSA) is 48.5 Å². The van der Waals surface area contributed by atoms with Crippen molar-refractivity contribution in [3.05, 3.63) is 200 Å². The summed E-state index contributed by atoms with van der Waals surface area (Å²) in [5.41, 5.74) is 9.77. The number of aromatic nitrogens is 5. The molecule has 0 saturated carbocycles. The van der Waals surface area contributed by atoms with Gasteiger partial charge in [0.2, 0.25) is 0 Å². The average Bonchev–Trinajstić information content (AvgIpc) is 3.80. The smallest absolute Gasteiger partial charge is 0.164 e. The highest BCUT2D eigenvalue weighted by molar-refractivity contribution is 6.23. The lowest BCUT2D eigenvalue weighted by atomic mass is 10.0. The third kappa shape index (κ3) is 4.93. The molecule has 0 fully saturated rings. The Morgan fingerprint density at radius 1 is 0.310 bits per heavy atom. The van der Waals surface area contributed by atoms with Crippen LogP contribution in [-0.4, -0.2) is 24.1 Å². The van der Waals surface area contributed by atoms with Gasteiger partial charge in [0, 0.05) is 54.7 Å². The maximum Gasteiger partial charge on any atom is 0.164 e. The Bertz CT molecular complexity index is 3490. The Kier molecular flexibility index (Phi) is 7.16. The number of nitrogens with zero attached hydrogens (tertiary/aromatic N) is 5. The van der Waals surface area contributed by atoms with Crippen LogP contribution in [0.1, 0.15) is 0 Å². The van der Waals surface area contributed by atoms with Gasteiger partial charge in [-0.15, -0.1) is 0 Å². The van der Waals surface area contributed by atoms with Crippen molar-refractivity contribution < 1.29 is 0 Å². The van der Waals surface area contributed by atoms with E-state index in [4.69, 9.17) is 15.0 Å². The Labute approximate surface area is 333 Å². The number of rotatable bonds is 5. The van der Waals surface area contributed by atoms with Gasteiger partial charge in [0.05, 0.1) is 27.8 Å². The quantitative estimate of drug-likeness (QED) is 0.177. The third-order valence-electron chi connectivity index (χ3n) is 11.5. The summed E-state index contributed by atoms with van der Waals surface area (Å²) >= 11 is 0. The Balaban J connectivity index is 1.14. The van der Waals surface area contributed by atoms with Crippen molar-refractivity contribution in [1.82, 2.24) is 24.1 Å². The molecule has 0 unspecified atom stereocenters. The summed E-state index contributed by atoms with van der Waals surface area (Å²) in [6.45, 7) is 0. The minimum atomic E-state index is 0.638. The van der Waals surface area contributed by atoms with Crippen molar-refractivity contribution in [3.8, 4) is 45.5 Å². The van der Waals surface area contributed by atoms with Gasteiger partial charge in [0.15, 0.2) is 17.5 Å². The molecule has 0 N–H and O–H groups in total. The second kappa shape index (κ2) is 12.8. The van der Waals surface area contributed by atoms with E-state index in [2.05, 4.69) is 149 Å². The van der Waals surface area contributed by atoms with Crippen molar-refractivity contribution in [2.75, 3.05) is 0 Å². The SMILES string of the molecule is c1ccc(-c2nc(-c3ccccc3)nc(-c3cccc4c(-n5c6ccccc6c6cc7c8ccc9ccccc9c8n(-c8ccccc8)c7cc65)cccc34)n2)cc1. The Hall–Kier alpha value is -7.89. The van der Waals surface area contributed by atoms with Gasteiger partial charge in [-0.1, -0.05) is 164 Å². The van der Waals surface area contributed by atoms with Gasteiger partial charge in [-0.05, 0) is 47.2 Å². The summed E-state index contributed by atoms with van der Waals surface area (Å²) in [7, 11) is 0. The van der Waals surface area contributed by atoms with Gasteiger partial charge in [0.1, 0.15) is 0 Å². The number of benzene rings is 9. The van der Waals surface area contributed by atoms with E-state index in [-0.39, 0.29) is 0 Å². The van der Waals surface area contributed by atoms with Crippen LogP contribution in [0.25, 0.3) is 111 Å². The van der Waals surface area contributed by atoms with Crippen LogP contribution in [0.5, 0.6) is 0 Å². The van der Waals surface area contributed by atoms with Gasteiger partial charge in [-0.25, -0.2) is 15.0 Å². The lowest BCUT2D eigenvalue weighted by Crippen LogP contribution is -2.01. The van der Waals surface area contributed by atoms with Gasteiger partial charge in [0.25, 0.3) is 0 Å². The second-order valence-electron chi connectivity index (χ2n) is 14.8. The van der Waals surface area contributed by atoms with Gasteiger partial charge in [-0.2, -0.15) is 0 Å². The third-order valence-corrected chi connectivity index (χ3v) is 11.5. The first-order chi connectivity index (χ1) is 28.8. The van der Waals surface area contributed by atoms with Gasteiger partial charge in [-0.3, -0.25) is 0 Å². The Morgan fingerprint density at radius 2 is 0.879 bits per heavy atom. The zero-order chi connectivity index (χ0) is 38.2. The summed E-state index contributed by atoms with van der Waals surface area (Å²) < 4.78 is 4.89. The molecule has 12 aromatic rings. The molecule has 0 spiro atoms. The van der Waals surface area contributed by atoms with Crippen molar-refractivity contribution in [3.63, 3.8) is 0 Å². The molecule has 5 heteroatoms. The first-order valence-electron chi connectivity index (χ1n) is 19.6. The molecule has 0 amide bonds. The fourth-order valence-corrected chi connectivity index (χ4v) is 8.96. The van der Waals surface area contributed by atoms with E-state index < -0.39 is 0 Å². The monoisotopic (exact) mass is 739 g/mol. The van der Waals surface area contributed by atoms with Crippen LogP contribution >= 0.6 is 0 Å². The molecule has 0 bridgehead atoms. The number of para-hydroxylation sites is 2. The van der Waals surface area contributed by atoms with Crippen LogP contribution in [0, 0.1) is 0 Å². The predicted octanol–water partition coefficient (Wildman–Crippen LogP) is 13.4. The molecule has 5 nitrogen and oxygen atoms in total. The zero-order valence-corrected chi connectivity index (χ0v) is 31.3. The van der Waals surface area contributed by atoms with Crippen molar-refractivity contribution in [2.24, 2.45) is 0 Å². The first kappa shape index (κ1) is 32.4. The van der Waals surface area contributed by atoms with Crippen molar-refractivity contribution >= 4 is 65.2 Å². The molecule has 0 aliphatic carbocycles. The van der Waals surface area contributed by atoms with E-state index >= 15 is 0 Å². The maximum atomic E-state index is 5.13. The minimum Gasteiger partial charge on any atom is -0.309 e. The van der Waals surface area contributed by atoms with E-state index in [1.54, 1.807) is 0 Å². The lowest BCUT2D eigenvalue weighted by molar-refractivity contribution is 1.08. The van der Waals surface area contributed by atoms with Gasteiger partial charge < -0.3 is 9.13 Å². The second-order valence-corrected chi connectivity index (χ2v) is 14.8. The summed E-state index contributed by atoms with van der Waals surface area (Å²) in [5.74, 6) is 1.93. The Morgan fingerprint density at radius 3 is 1.64 bits per heavy atom. The number of hydrogen-bond donors (Lipinski definition) is 0. The molecule has 9 aromatic carbocycles. The summed E-state index contributed by atoms with van der Waals surface area (Å²) in [4.78, 5) is 15.2. The molecule has 58 heavy (non-hydrogen) atoms. The van der Waals surface area contributed by atoms with Crippen LogP contribution in [0.15, 0.2) is 200 Å². The van der Waals surface area contributed by atoms with E-state index in [1.165, 1.54) is 43.4 Å². The molecule has 12 rings (SSSR count). The van der Waals surface area contributed by atoms with Crippen LogP contribution in [-0.2, 0) is 0 Å². The largest absolute Gasteiger partial charge is 0.309 e. The van der Waals surface area contributed by atoms with Crippen LogP contribution in [0.2, 0.25) is 0 Å². The maximum absolute atomic E-state index is 5.13. The standard InChI is InChI=1S/C53H33N5/c1-4-17-35(18-5-1)51-54-52(36-19-6-2-7-20-36)56-53(55-51)43-27-14-26-40-39(43)25-15-29-47(40)58-46-28-13-12-24-41(46)44-32-45-42-31-30-34-16-10-11-23-38(34)50(42)57(48(45)33-49(44)58)37-21-8-3-9-22-37/h1-33H. The molecular formula is C53H33N5. The van der Waals surface area contributed by atoms with Gasteiger partial charge >= 0.3 is 0 Å². The fourth-order valence-electron chi connectivity index (χ4n) is 8.96.